The maximum atomic E-state index is 12.2. The molecule has 1 aromatic heterocycles. The second-order valence-corrected chi connectivity index (χ2v) is 5.85. The third-order valence-electron chi connectivity index (χ3n) is 2.84. The Morgan fingerprint density at radius 2 is 2.05 bits per heavy atom. The zero-order valence-electron chi connectivity index (χ0n) is 12.6. The van der Waals surface area contributed by atoms with Crippen LogP contribution in [0.25, 0.3) is 0 Å². The lowest BCUT2D eigenvalue weighted by atomic mass is 9.89. The van der Waals surface area contributed by atoms with Gasteiger partial charge in [0, 0.05) is 12.7 Å². The standard InChI is InChI=1S/C14H19F3N2O3/c1-13(2,3)10(20)7-19-11(21)9-5-4-6-18-12(9)22-8-14(15,16)17/h4-6,10,20H,7-8H2,1-3H3,(H,19,21). The molecule has 1 amide bonds. The van der Waals surface area contributed by atoms with Crippen LogP contribution in [0.3, 0.4) is 0 Å². The van der Waals surface area contributed by atoms with Crippen LogP contribution in [0.4, 0.5) is 13.2 Å². The number of carbonyl (C=O) groups excluding carboxylic acids is 1. The van der Waals surface area contributed by atoms with E-state index in [1.807, 2.05) is 0 Å². The highest BCUT2D eigenvalue weighted by molar-refractivity contribution is 5.96. The van der Waals surface area contributed by atoms with E-state index in [1.54, 1.807) is 20.8 Å². The second kappa shape index (κ2) is 6.95. The zero-order chi connectivity index (χ0) is 17.0. The summed E-state index contributed by atoms with van der Waals surface area (Å²) < 4.78 is 41.1. The van der Waals surface area contributed by atoms with Crippen molar-refractivity contribution in [3.63, 3.8) is 0 Å². The molecule has 1 rings (SSSR count). The minimum absolute atomic E-state index is 0.0318. The smallest absolute Gasteiger partial charge is 0.422 e. The minimum Gasteiger partial charge on any atom is -0.467 e. The van der Waals surface area contributed by atoms with Gasteiger partial charge in [0.2, 0.25) is 5.88 Å². The molecule has 1 atom stereocenters. The molecule has 5 nitrogen and oxygen atoms in total. The van der Waals surface area contributed by atoms with Crippen LogP contribution in [0.5, 0.6) is 5.88 Å². The van der Waals surface area contributed by atoms with E-state index in [1.165, 1.54) is 18.3 Å². The van der Waals surface area contributed by atoms with E-state index in [4.69, 9.17) is 0 Å². The van der Waals surface area contributed by atoms with Gasteiger partial charge in [-0.1, -0.05) is 20.8 Å². The Morgan fingerprint density at radius 1 is 1.41 bits per heavy atom. The number of aliphatic hydroxyl groups is 1. The van der Waals surface area contributed by atoms with E-state index >= 15 is 0 Å². The molecule has 1 unspecified atom stereocenters. The number of hydrogen-bond acceptors (Lipinski definition) is 4. The summed E-state index contributed by atoms with van der Waals surface area (Å²) in [4.78, 5) is 15.6. The zero-order valence-corrected chi connectivity index (χ0v) is 12.6. The molecular formula is C14H19F3N2O3. The SMILES string of the molecule is CC(C)(C)C(O)CNC(=O)c1cccnc1OCC(F)(F)F. The molecular weight excluding hydrogens is 301 g/mol. The van der Waals surface area contributed by atoms with Gasteiger partial charge in [0.15, 0.2) is 6.61 Å². The van der Waals surface area contributed by atoms with Crippen molar-refractivity contribution >= 4 is 5.91 Å². The van der Waals surface area contributed by atoms with Gasteiger partial charge >= 0.3 is 6.18 Å². The van der Waals surface area contributed by atoms with Gasteiger partial charge in [0.1, 0.15) is 5.56 Å². The van der Waals surface area contributed by atoms with E-state index in [2.05, 4.69) is 15.0 Å². The number of rotatable bonds is 5. The number of ether oxygens (including phenoxy) is 1. The number of nitrogens with zero attached hydrogens (tertiary/aromatic N) is 1. The van der Waals surface area contributed by atoms with Gasteiger partial charge in [-0.15, -0.1) is 0 Å². The van der Waals surface area contributed by atoms with Crippen LogP contribution in [-0.4, -0.2) is 41.4 Å². The molecule has 0 bridgehead atoms. The summed E-state index contributed by atoms with van der Waals surface area (Å²) >= 11 is 0. The third-order valence-corrected chi connectivity index (χ3v) is 2.84. The van der Waals surface area contributed by atoms with Gasteiger partial charge in [-0.3, -0.25) is 4.79 Å². The second-order valence-electron chi connectivity index (χ2n) is 5.85. The van der Waals surface area contributed by atoms with E-state index < -0.39 is 36.1 Å². The van der Waals surface area contributed by atoms with Crippen LogP contribution in [0.15, 0.2) is 18.3 Å². The molecule has 124 valence electrons. The van der Waals surface area contributed by atoms with Crippen LogP contribution in [-0.2, 0) is 0 Å². The Balaban J connectivity index is 2.73. The molecule has 0 radical (unpaired) electrons. The van der Waals surface area contributed by atoms with Gasteiger partial charge < -0.3 is 15.2 Å². The molecule has 1 heterocycles. The van der Waals surface area contributed by atoms with Crippen LogP contribution >= 0.6 is 0 Å². The van der Waals surface area contributed by atoms with Gasteiger partial charge in [-0.25, -0.2) is 4.98 Å². The third kappa shape index (κ3) is 5.88. The molecule has 0 spiro atoms. The molecule has 0 saturated carbocycles. The fourth-order valence-corrected chi connectivity index (χ4v) is 1.42. The maximum absolute atomic E-state index is 12.2. The average molecular weight is 320 g/mol. The van der Waals surface area contributed by atoms with E-state index in [-0.39, 0.29) is 12.1 Å². The van der Waals surface area contributed by atoms with Gasteiger partial charge in [0.25, 0.3) is 5.91 Å². The highest BCUT2D eigenvalue weighted by Gasteiger charge is 2.30. The Hall–Kier alpha value is -1.83. The fourth-order valence-electron chi connectivity index (χ4n) is 1.42. The molecule has 2 N–H and O–H groups in total. The molecule has 8 heteroatoms. The lowest BCUT2D eigenvalue weighted by Gasteiger charge is -2.26. The molecule has 1 aromatic rings. The first-order valence-electron chi connectivity index (χ1n) is 6.61. The number of amides is 1. The normalized spacial score (nSPS) is 13.6. The number of nitrogens with one attached hydrogen (secondary N) is 1. The fraction of sp³-hybridized carbons (Fsp3) is 0.571. The number of hydrogen-bond donors (Lipinski definition) is 2. The largest absolute Gasteiger partial charge is 0.467 e. The van der Waals surface area contributed by atoms with Crippen LogP contribution in [0.1, 0.15) is 31.1 Å². The topological polar surface area (TPSA) is 71.5 Å². The number of aromatic nitrogens is 1. The molecule has 0 aliphatic rings. The lowest BCUT2D eigenvalue weighted by molar-refractivity contribution is -0.154. The first-order chi connectivity index (χ1) is 10.0. The van der Waals surface area contributed by atoms with Crippen molar-refractivity contribution in [1.29, 1.82) is 0 Å². The Morgan fingerprint density at radius 3 is 2.59 bits per heavy atom. The first-order valence-corrected chi connectivity index (χ1v) is 6.61. The van der Waals surface area contributed by atoms with Crippen LogP contribution in [0.2, 0.25) is 0 Å². The average Bonchev–Trinajstić information content (AvgIpc) is 2.40. The number of halogens is 3. The van der Waals surface area contributed by atoms with E-state index in [0.29, 0.717) is 0 Å². The summed E-state index contributed by atoms with van der Waals surface area (Å²) in [7, 11) is 0. The number of pyridine rings is 1. The monoisotopic (exact) mass is 320 g/mol. The predicted octanol–water partition coefficient (Wildman–Crippen LogP) is 2.16. The Bertz CT molecular complexity index is 513. The maximum Gasteiger partial charge on any atom is 0.422 e. The highest BCUT2D eigenvalue weighted by Crippen LogP contribution is 2.21. The molecule has 0 fully saturated rings. The van der Waals surface area contributed by atoms with Crippen molar-refractivity contribution in [3.8, 4) is 5.88 Å². The van der Waals surface area contributed by atoms with Crippen molar-refractivity contribution in [2.24, 2.45) is 5.41 Å². The first kappa shape index (κ1) is 18.2. The molecule has 0 aromatic carbocycles. The van der Waals surface area contributed by atoms with Crippen LogP contribution in [0, 0.1) is 5.41 Å². The summed E-state index contributed by atoms with van der Waals surface area (Å²) in [5.41, 5.74) is -0.550. The summed E-state index contributed by atoms with van der Waals surface area (Å²) in [6, 6.07) is 2.72. The van der Waals surface area contributed by atoms with Crippen molar-refractivity contribution < 1.29 is 27.8 Å². The quantitative estimate of drug-likeness (QED) is 0.872. The Kier molecular flexibility index (Phi) is 5.76. The van der Waals surface area contributed by atoms with Gasteiger partial charge in [-0.05, 0) is 17.5 Å². The number of aliphatic hydroxyl groups excluding tert-OH is 1. The van der Waals surface area contributed by atoms with Crippen molar-refractivity contribution in [3.05, 3.63) is 23.9 Å². The molecule has 0 aliphatic heterocycles. The molecule has 0 aliphatic carbocycles. The van der Waals surface area contributed by atoms with Crippen molar-refractivity contribution in [2.75, 3.05) is 13.2 Å². The lowest BCUT2D eigenvalue weighted by Crippen LogP contribution is -2.39. The van der Waals surface area contributed by atoms with Crippen molar-refractivity contribution in [2.45, 2.75) is 33.1 Å². The van der Waals surface area contributed by atoms with E-state index in [0.717, 1.165) is 0 Å². The summed E-state index contributed by atoms with van der Waals surface area (Å²) in [6.45, 7) is 3.83. The highest BCUT2D eigenvalue weighted by atomic mass is 19.4. The minimum atomic E-state index is -4.52. The number of alkyl halides is 3. The summed E-state index contributed by atoms with van der Waals surface area (Å²) in [6.07, 6.45) is -4.09. The molecule has 22 heavy (non-hydrogen) atoms. The predicted molar refractivity (Wildman–Crippen MR) is 73.6 cm³/mol. The van der Waals surface area contributed by atoms with E-state index in [9.17, 15) is 23.1 Å². The number of carbonyl (C=O) groups is 1. The Labute approximate surface area is 126 Å². The summed E-state index contributed by atoms with van der Waals surface area (Å²) in [5, 5.41) is 12.3. The van der Waals surface area contributed by atoms with Gasteiger partial charge in [0.05, 0.1) is 6.10 Å². The molecule has 0 saturated heterocycles. The van der Waals surface area contributed by atoms with Crippen LogP contribution < -0.4 is 10.1 Å². The summed E-state index contributed by atoms with van der Waals surface area (Å²) in [5.74, 6) is -1.06. The van der Waals surface area contributed by atoms with Crippen molar-refractivity contribution in [1.82, 2.24) is 10.3 Å². The van der Waals surface area contributed by atoms with Gasteiger partial charge in [-0.2, -0.15) is 13.2 Å².